The molecule has 1 atom stereocenters. The third-order valence-corrected chi connectivity index (χ3v) is 4.85. The van der Waals surface area contributed by atoms with Crippen molar-refractivity contribution in [3.05, 3.63) is 65.4 Å². The first-order chi connectivity index (χ1) is 15.0. The Bertz CT molecular complexity index is 1160. The average molecular weight is 420 g/mol. The van der Waals surface area contributed by atoms with Gasteiger partial charge in [-0.25, -0.2) is 9.48 Å². The number of esters is 2. The molecule has 0 fully saturated rings. The number of carbonyl (C=O) groups excluding carboxylic acids is 3. The lowest BCUT2D eigenvalue weighted by Crippen LogP contribution is -2.36. The van der Waals surface area contributed by atoms with Crippen LogP contribution >= 0.6 is 0 Å². The number of amides is 1. The summed E-state index contributed by atoms with van der Waals surface area (Å²) in [7, 11) is 0. The molecule has 0 aliphatic carbocycles. The van der Waals surface area contributed by atoms with Crippen molar-refractivity contribution in [2.24, 2.45) is 0 Å². The van der Waals surface area contributed by atoms with Crippen LogP contribution in [0.15, 0.2) is 48.5 Å². The van der Waals surface area contributed by atoms with E-state index in [0.29, 0.717) is 22.5 Å². The van der Waals surface area contributed by atoms with Crippen LogP contribution in [0.4, 0.5) is 0 Å². The quantitative estimate of drug-likeness (QED) is 0.629. The lowest BCUT2D eigenvalue weighted by Gasteiger charge is -2.17. The van der Waals surface area contributed by atoms with Crippen LogP contribution in [0.1, 0.15) is 34.6 Å². The lowest BCUT2D eigenvalue weighted by atomic mass is 10.0. The largest absolute Gasteiger partial charge is 0.465 e. The maximum Gasteiger partial charge on any atom is 0.360 e. The second kappa shape index (κ2) is 8.39. The number of fused-ring (bicyclic) bond motifs is 3. The van der Waals surface area contributed by atoms with Crippen LogP contribution in [0.25, 0.3) is 16.9 Å². The predicted molar refractivity (Wildman–Crippen MR) is 109 cm³/mol. The summed E-state index contributed by atoms with van der Waals surface area (Å²) in [5.74, 6) is -1.95. The van der Waals surface area contributed by atoms with Gasteiger partial charge >= 0.3 is 11.9 Å². The summed E-state index contributed by atoms with van der Waals surface area (Å²) >= 11 is 0. The van der Waals surface area contributed by atoms with Crippen molar-refractivity contribution in [1.29, 1.82) is 0 Å². The van der Waals surface area contributed by atoms with Crippen LogP contribution in [0.3, 0.4) is 0 Å². The first kappa shape index (κ1) is 20.3. The fourth-order valence-electron chi connectivity index (χ4n) is 3.48. The Labute approximate surface area is 178 Å². The van der Waals surface area contributed by atoms with Crippen molar-refractivity contribution >= 4 is 17.8 Å². The van der Waals surface area contributed by atoms with E-state index in [9.17, 15) is 14.4 Å². The molecule has 1 N–H and O–H groups in total. The molecule has 9 nitrogen and oxygen atoms in total. The number of hydrogen-bond donors (Lipinski definition) is 1. The van der Waals surface area contributed by atoms with Crippen LogP contribution < -0.4 is 5.32 Å². The maximum atomic E-state index is 13.1. The van der Waals surface area contributed by atoms with Crippen molar-refractivity contribution in [1.82, 2.24) is 20.3 Å². The highest BCUT2D eigenvalue weighted by molar-refractivity contribution is 5.98. The summed E-state index contributed by atoms with van der Waals surface area (Å²) < 4.78 is 11.8. The number of hydrogen-bond acceptors (Lipinski definition) is 7. The number of aromatic nitrogens is 3. The molecule has 1 amide bonds. The molecule has 158 valence electrons. The second-order valence-corrected chi connectivity index (χ2v) is 6.89. The first-order valence-electron chi connectivity index (χ1n) is 9.76. The topological polar surface area (TPSA) is 112 Å². The normalized spacial score (nSPS) is 14.6. The van der Waals surface area contributed by atoms with Gasteiger partial charge in [-0.15, -0.1) is 5.10 Å². The third-order valence-electron chi connectivity index (χ3n) is 4.85. The van der Waals surface area contributed by atoms with E-state index in [1.165, 1.54) is 4.68 Å². The zero-order valence-electron chi connectivity index (χ0n) is 17.0. The van der Waals surface area contributed by atoms with Gasteiger partial charge in [-0.1, -0.05) is 53.7 Å². The summed E-state index contributed by atoms with van der Waals surface area (Å²) in [4.78, 5) is 37.6. The Morgan fingerprint density at radius 3 is 2.68 bits per heavy atom. The van der Waals surface area contributed by atoms with Gasteiger partial charge in [0.2, 0.25) is 6.10 Å². The third kappa shape index (κ3) is 3.77. The monoisotopic (exact) mass is 420 g/mol. The molecule has 1 aliphatic rings. The Kier molecular flexibility index (Phi) is 5.48. The second-order valence-electron chi connectivity index (χ2n) is 6.89. The van der Waals surface area contributed by atoms with E-state index in [0.717, 1.165) is 5.56 Å². The number of nitrogens with one attached hydrogen (secondary N) is 1. The summed E-state index contributed by atoms with van der Waals surface area (Å²) in [6.07, 6.45) is -1.26. The molecule has 1 unspecified atom stereocenters. The molecule has 2 aromatic carbocycles. The minimum absolute atomic E-state index is 0.127. The van der Waals surface area contributed by atoms with Gasteiger partial charge in [0, 0.05) is 11.1 Å². The molecule has 1 aromatic heterocycles. The van der Waals surface area contributed by atoms with Gasteiger partial charge in [-0.3, -0.25) is 9.59 Å². The molecule has 0 bridgehead atoms. The fourth-order valence-corrected chi connectivity index (χ4v) is 3.48. The highest BCUT2D eigenvalue weighted by Crippen LogP contribution is 2.35. The van der Waals surface area contributed by atoms with Gasteiger partial charge in [-0.05, 0) is 19.4 Å². The highest BCUT2D eigenvalue weighted by atomic mass is 16.6. The van der Waals surface area contributed by atoms with E-state index < -0.39 is 23.9 Å². The Balaban J connectivity index is 1.77. The van der Waals surface area contributed by atoms with E-state index in [-0.39, 0.29) is 18.8 Å². The van der Waals surface area contributed by atoms with Crippen LogP contribution in [-0.4, -0.2) is 46.0 Å². The smallest absolute Gasteiger partial charge is 0.360 e. The van der Waals surface area contributed by atoms with Crippen molar-refractivity contribution in [2.45, 2.75) is 20.0 Å². The number of para-hydroxylation sites is 1. The Morgan fingerprint density at radius 2 is 1.94 bits per heavy atom. The molecule has 0 spiro atoms. The van der Waals surface area contributed by atoms with Crippen LogP contribution in [-0.2, 0) is 19.1 Å². The van der Waals surface area contributed by atoms with Crippen LogP contribution in [0, 0.1) is 6.92 Å². The zero-order chi connectivity index (χ0) is 22.0. The van der Waals surface area contributed by atoms with Crippen molar-refractivity contribution in [2.75, 3.05) is 13.2 Å². The highest BCUT2D eigenvalue weighted by Gasteiger charge is 2.37. The number of carbonyl (C=O) groups is 3. The molecule has 9 heteroatoms. The number of cyclic esters (lactones) is 1. The van der Waals surface area contributed by atoms with E-state index in [2.05, 4.69) is 15.6 Å². The Morgan fingerprint density at radius 1 is 1.16 bits per heavy atom. The molecule has 0 saturated heterocycles. The van der Waals surface area contributed by atoms with E-state index in [1.54, 1.807) is 19.1 Å². The molecule has 0 radical (unpaired) electrons. The molecule has 0 saturated carbocycles. The van der Waals surface area contributed by atoms with E-state index in [4.69, 9.17) is 9.47 Å². The molecular formula is C22H20N4O5. The predicted octanol–water partition coefficient (Wildman–Crippen LogP) is 2.13. The van der Waals surface area contributed by atoms with Crippen LogP contribution in [0.2, 0.25) is 0 Å². The summed E-state index contributed by atoms with van der Waals surface area (Å²) in [6, 6.07) is 14.4. The van der Waals surface area contributed by atoms with Gasteiger partial charge in [0.15, 0.2) is 5.69 Å². The van der Waals surface area contributed by atoms with Gasteiger partial charge in [-0.2, -0.15) is 0 Å². The molecule has 31 heavy (non-hydrogen) atoms. The van der Waals surface area contributed by atoms with Gasteiger partial charge < -0.3 is 14.8 Å². The summed E-state index contributed by atoms with van der Waals surface area (Å²) in [5, 5.41) is 10.9. The van der Waals surface area contributed by atoms with E-state index in [1.807, 2.05) is 43.3 Å². The number of rotatable bonds is 5. The van der Waals surface area contributed by atoms with Gasteiger partial charge in [0.25, 0.3) is 5.91 Å². The molecule has 2 heterocycles. The zero-order valence-corrected chi connectivity index (χ0v) is 17.0. The molecule has 1 aliphatic heterocycles. The van der Waals surface area contributed by atoms with Crippen LogP contribution in [0.5, 0.6) is 0 Å². The van der Waals surface area contributed by atoms with E-state index >= 15 is 0 Å². The molecule has 4 rings (SSSR count). The number of ether oxygens (including phenoxy) is 2. The molecular weight excluding hydrogens is 400 g/mol. The average Bonchev–Trinajstić information content (AvgIpc) is 3.16. The SMILES string of the molecule is CCOC(=O)CNC(=O)C1OC(=O)c2c(-c3ccccc3)nnn2-c2c(C)cccc21. The minimum Gasteiger partial charge on any atom is -0.465 e. The summed E-state index contributed by atoms with van der Waals surface area (Å²) in [5.41, 5.74) is 2.94. The molecule has 3 aromatic rings. The first-order valence-corrected chi connectivity index (χ1v) is 9.76. The minimum atomic E-state index is -1.26. The standard InChI is InChI=1S/C22H20N4O5/c1-3-30-16(27)12-23-21(28)20-15-11-7-8-13(2)18(15)26-19(22(29)31-20)17(24-25-26)14-9-5-4-6-10-14/h4-11,20H,3,12H2,1-2H3,(H,23,28). The summed E-state index contributed by atoms with van der Waals surface area (Å²) in [6.45, 7) is 3.39. The number of aryl methyl sites for hydroxylation is 1. The lowest BCUT2D eigenvalue weighted by molar-refractivity contribution is -0.144. The number of benzene rings is 2. The van der Waals surface area contributed by atoms with Crippen molar-refractivity contribution < 1.29 is 23.9 Å². The maximum absolute atomic E-state index is 13.1. The van der Waals surface area contributed by atoms with Gasteiger partial charge in [0.05, 0.1) is 12.3 Å². The number of nitrogens with zero attached hydrogens (tertiary/aromatic N) is 3. The van der Waals surface area contributed by atoms with Crippen molar-refractivity contribution in [3.8, 4) is 16.9 Å². The van der Waals surface area contributed by atoms with Gasteiger partial charge in [0.1, 0.15) is 12.2 Å². The fraction of sp³-hybridized carbons (Fsp3) is 0.227. The van der Waals surface area contributed by atoms with Crippen molar-refractivity contribution in [3.63, 3.8) is 0 Å². The Hall–Kier alpha value is -4.01.